The van der Waals surface area contributed by atoms with Crippen molar-refractivity contribution in [3.8, 4) is 0 Å². The number of hydrogen-bond acceptors (Lipinski definition) is 5. The Balaban J connectivity index is 1.83. The minimum Gasteiger partial charge on any atom is -0.383 e. The summed E-state index contributed by atoms with van der Waals surface area (Å²) in [4.78, 5) is 24.5. The van der Waals surface area contributed by atoms with Gasteiger partial charge in [-0.05, 0) is 17.7 Å². The van der Waals surface area contributed by atoms with Gasteiger partial charge >= 0.3 is 0 Å². The number of aliphatic hydroxyl groups is 1. The van der Waals surface area contributed by atoms with Crippen LogP contribution in [-0.4, -0.2) is 49.3 Å². The lowest BCUT2D eigenvalue weighted by atomic mass is 10.1. The number of hydrogen-bond donors (Lipinski definition) is 3. The smallest absolute Gasteiger partial charge is 0.249 e. The van der Waals surface area contributed by atoms with Crippen LogP contribution >= 0.6 is 0 Å². The zero-order chi connectivity index (χ0) is 15.9. The average Bonchev–Trinajstić information content (AvgIpc) is 2.53. The molecule has 1 fully saturated rings. The molecule has 0 spiro atoms. The Morgan fingerprint density at radius 2 is 1.91 bits per heavy atom. The van der Waals surface area contributed by atoms with Crippen LogP contribution < -0.4 is 16.0 Å². The normalized spacial score (nSPS) is 16.1. The van der Waals surface area contributed by atoms with E-state index in [1.165, 1.54) is 0 Å². The summed E-state index contributed by atoms with van der Waals surface area (Å²) in [5.41, 5.74) is 6.96. The fourth-order valence-electron chi connectivity index (χ4n) is 2.24. The Bertz CT molecular complexity index is 512. The van der Waals surface area contributed by atoms with Crippen LogP contribution in [0.25, 0.3) is 0 Å². The third-order valence-corrected chi connectivity index (χ3v) is 3.48. The van der Waals surface area contributed by atoms with E-state index in [1.54, 1.807) is 0 Å². The lowest BCUT2D eigenvalue weighted by molar-refractivity contribution is -0.133. The molecular weight excluding hydrogens is 286 g/mol. The van der Waals surface area contributed by atoms with Crippen LogP contribution in [0.1, 0.15) is 12.0 Å². The Morgan fingerprint density at radius 1 is 1.27 bits per heavy atom. The maximum absolute atomic E-state index is 11.6. The second-order valence-corrected chi connectivity index (χ2v) is 5.17. The first-order valence-corrected chi connectivity index (χ1v) is 7.22. The Kier molecular flexibility index (Phi) is 5.74. The molecule has 22 heavy (non-hydrogen) atoms. The second kappa shape index (κ2) is 7.77. The number of aliphatic hydroxyl groups excluding tert-OH is 1. The first kappa shape index (κ1) is 16.3. The standard InChI is InChI=1S/C15H21N3O4/c16-14(20)9-13(19)15(21)17-10-11-1-3-12(4-2-11)18-5-7-22-8-6-18/h1-4,13,19H,5-10H2,(H2,16,20)(H,17,21). The number of primary amides is 1. The zero-order valence-electron chi connectivity index (χ0n) is 12.3. The molecule has 1 heterocycles. The highest BCUT2D eigenvalue weighted by Crippen LogP contribution is 2.16. The number of nitrogens with two attached hydrogens (primary N) is 1. The van der Waals surface area contributed by atoms with Crippen LogP contribution in [0.4, 0.5) is 5.69 Å². The third kappa shape index (κ3) is 4.71. The largest absolute Gasteiger partial charge is 0.383 e. The van der Waals surface area contributed by atoms with Gasteiger partial charge < -0.3 is 25.8 Å². The van der Waals surface area contributed by atoms with Crippen LogP contribution in [0.15, 0.2) is 24.3 Å². The van der Waals surface area contributed by atoms with Gasteiger partial charge in [-0.2, -0.15) is 0 Å². The van der Waals surface area contributed by atoms with Crippen LogP contribution in [0.2, 0.25) is 0 Å². The van der Waals surface area contributed by atoms with Gasteiger partial charge in [0, 0.05) is 25.3 Å². The molecule has 0 aromatic heterocycles. The van der Waals surface area contributed by atoms with Gasteiger partial charge in [0.15, 0.2) is 0 Å². The van der Waals surface area contributed by atoms with Gasteiger partial charge in [-0.15, -0.1) is 0 Å². The molecule has 1 atom stereocenters. The molecule has 1 aliphatic rings. The van der Waals surface area contributed by atoms with Crippen LogP contribution in [-0.2, 0) is 20.9 Å². The van der Waals surface area contributed by atoms with Crippen molar-refractivity contribution in [1.29, 1.82) is 0 Å². The molecule has 1 aromatic carbocycles. The second-order valence-electron chi connectivity index (χ2n) is 5.17. The third-order valence-electron chi connectivity index (χ3n) is 3.48. The Morgan fingerprint density at radius 3 is 2.50 bits per heavy atom. The quantitative estimate of drug-likeness (QED) is 0.649. The number of anilines is 1. The van der Waals surface area contributed by atoms with E-state index < -0.39 is 17.9 Å². The molecule has 0 bridgehead atoms. The summed E-state index contributed by atoms with van der Waals surface area (Å²) in [7, 11) is 0. The van der Waals surface area contributed by atoms with E-state index in [0.29, 0.717) is 0 Å². The molecule has 7 heteroatoms. The maximum Gasteiger partial charge on any atom is 0.249 e. The van der Waals surface area contributed by atoms with Crippen molar-refractivity contribution in [1.82, 2.24) is 5.32 Å². The monoisotopic (exact) mass is 307 g/mol. The predicted octanol–water partition coefficient (Wildman–Crippen LogP) is -0.624. The first-order valence-electron chi connectivity index (χ1n) is 7.22. The van der Waals surface area contributed by atoms with E-state index in [-0.39, 0.29) is 13.0 Å². The van der Waals surface area contributed by atoms with Gasteiger partial charge in [0.1, 0.15) is 6.10 Å². The van der Waals surface area contributed by atoms with E-state index in [2.05, 4.69) is 10.2 Å². The molecule has 2 amide bonds. The van der Waals surface area contributed by atoms with Crippen molar-refractivity contribution in [2.75, 3.05) is 31.2 Å². The minimum absolute atomic E-state index is 0.290. The molecule has 0 radical (unpaired) electrons. The lowest BCUT2D eigenvalue weighted by Crippen LogP contribution is -2.37. The molecular formula is C15H21N3O4. The average molecular weight is 307 g/mol. The van der Waals surface area contributed by atoms with E-state index in [0.717, 1.165) is 37.6 Å². The highest BCUT2D eigenvalue weighted by Gasteiger charge is 2.17. The van der Waals surface area contributed by atoms with Crippen LogP contribution in [0.5, 0.6) is 0 Å². The fraction of sp³-hybridized carbons (Fsp3) is 0.467. The summed E-state index contributed by atoms with van der Waals surface area (Å²) in [5, 5.41) is 12.0. The summed E-state index contributed by atoms with van der Waals surface area (Å²) in [6.07, 6.45) is -1.77. The predicted molar refractivity (Wildman–Crippen MR) is 81.1 cm³/mol. The number of nitrogens with one attached hydrogen (secondary N) is 1. The molecule has 1 unspecified atom stereocenters. The number of ether oxygens (including phenoxy) is 1. The van der Waals surface area contributed by atoms with Crippen molar-refractivity contribution in [3.63, 3.8) is 0 Å². The zero-order valence-corrected chi connectivity index (χ0v) is 12.3. The molecule has 1 saturated heterocycles. The number of carbonyl (C=O) groups excluding carboxylic acids is 2. The van der Waals surface area contributed by atoms with Gasteiger partial charge in [-0.1, -0.05) is 12.1 Å². The Labute approximate surface area is 129 Å². The van der Waals surface area contributed by atoms with Gasteiger partial charge in [-0.3, -0.25) is 9.59 Å². The molecule has 0 saturated carbocycles. The number of benzene rings is 1. The minimum atomic E-state index is -1.40. The first-order chi connectivity index (χ1) is 10.6. The topological polar surface area (TPSA) is 105 Å². The van der Waals surface area contributed by atoms with Crippen LogP contribution in [0.3, 0.4) is 0 Å². The molecule has 2 rings (SSSR count). The Hall–Kier alpha value is -2.12. The number of nitrogens with zero attached hydrogens (tertiary/aromatic N) is 1. The van der Waals surface area contributed by atoms with Crippen molar-refractivity contribution < 1.29 is 19.4 Å². The fourth-order valence-corrected chi connectivity index (χ4v) is 2.24. The van der Waals surface area contributed by atoms with E-state index in [9.17, 15) is 14.7 Å². The summed E-state index contributed by atoms with van der Waals surface area (Å²) >= 11 is 0. The van der Waals surface area contributed by atoms with E-state index in [1.807, 2.05) is 24.3 Å². The van der Waals surface area contributed by atoms with Crippen molar-refractivity contribution >= 4 is 17.5 Å². The van der Waals surface area contributed by atoms with Gasteiger partial charge in [-0.25, -0.2) is 0 Å². The van der Waals surface area contributed by atoms with Gasteiger partial charge in [0.25, 0.3) is 0 Å². The van der Waals surface area contributed by atoms with E-state index >= 15 is 0 Å². The lowest BCUT2D eigenvalue weighted by Gasteiger charge is -2.28. The SMILES string of the molecule is NC(=O)CC(O)C(=O)NCc1ccc(N2CCOCC2)cc1. The summed E-state index contributed by atoms with van der Waals surface area (Å²) in [5.74, 6) is -1.31. The number of morpholine rings is 1. The van der Waals surface area contributed by atoms with Crippen molar-refractivity contribution in [2.45, 2.75) is 19.1 Å². The molecule has 1 aromatic rings. The van der Waals surface area contributed by atoms with Crippen LogP contribution in [0, 0.1) is 0 Å². The number of carbonyl (C=O) groups is 2. The summed E-state index contributed by atoms with van der Waals surface area (Å²) < 4.78 is 5.31. The number of rotatable bonds is 6. The highest BCUT2D eigenvalue weighted by atomic mass is 16.5. The highest BCUT2D eigenvalue weighted by molar-refractivity contribution is 5.86. The molecule has 4 N–H and O–H groups in total. The van der Waals surface area contributed by atoms with E-state index in [4.69, 9.17) is 10.5 Å². The number of amides is 2. The van der Waals surface area contributed by atoms with Crippen molar-refractivity contribution in [2.24, 2.45) is 5.73 Å². The maximum atomic E-state index is 11.6. The van der Waals surface area contributed by atoms with Gasteiger partial charge in [0.2, 0.25) is 11.8 Å². The van der Waals surface area contributed by atoms with Crippen molar-refractivity contribution in [3.05, 3.63) is 29.8 Å². The molecule has 0 aliphatic carbocycles. The molecule has 120 valence electrons. The summed E-state index contributed by atoms with van der Waals surface area (Å²) in [6.45, 7) is 3.49. The van der Waals surface area contributed by atoms with Gasteiger partial charge in [0.05, 0.1) is 19.6 Å². The molecule has 1 aliphatic heterocycles. The summed E-state index contributed by atoms with van der Waals surface area (Å²) in [6, 6.07) is 7.83. The molecule has 7 nitrogen and oxygen atoms in total.